The SMILES string of the molecule is CCCN(c1cc2c(=O)n(C)c(=O)n(C)c2nn1)C1(N)CCCCC1. The Labute approximate surface area is 146 Å². The first-order valence-electron chi connectivity index (χ1n) is 8.89. The molecule has 0 saturated heterocycles. The molecule has 0 unspecified atom stereocenters. The summed E-state index contributed by atoms with van der Waals surface area (Å²) in [6.07, 6.45) is 6.10. The van der Waals surface area contributed by atoms with Gasteiger partial charge in [-0.25, -0.2) is 4.79 Å². The molecule has 1 aliphatic rings. The fourth-order valence-electron chi connectivity index (χ4n) is 3.72. The molecule has 2 heterocycles. The fourth-order valence-corrected chi connectivity index (χ4v) is 3.72. The Balaban J connectivity index is 2.16. The summed E-state index contributed by atoms with van der Waals surface area (Å²) in [5, 5.41) is 8.87. The number of fused-ring (bicyclic) bond motifs is 1. The number of aromatic nitrogens is 4. The topological polar surface area (TPSA) is 99.0 Å². The van der Waals surface area contributed by atoms with Crippen molar-refractivity contribution in [3.63, 3.8) is 0 Å². The molecule has 0 spiro atoms. The smallest absolute Gasteiger partial charge is 0.332 e. The van der Waals surface area contributed by atoms with Crippen LogP contribution in [0.3, 0.4) is 0 Å². The molecule has 3 rings (SSSR count). The predicted molar refractivity (Wildman–Crippen MR) is 97.7 cm³/mol. The van der Waals surface area contributed by atoms with E-state index in [1.54, 1.807) is 13.1 Å². The fraction of sp³-hybridized carbons (Fsp3) is 0.647. The molecule has 1 aliphatic carbocycles. The van der Waals surface area contributed by atoms with Crippen LogP contribution < -0.4 is 21.9 Å². The van der Waals surface area contributed by atoms with Crippen LogP contribution >= 0.6 is 0 Å². The standard InChI is InChI=1S/C17H26N6O2/c1-4-10-23(17(18)8-6-5-7-9-17)13-11-12-14(20-19-13)21(2)16(25)22(3)15(12)24/h11H,4-10,18H2,1-3H3. The van der Waals surface area contributed by atoms with Crippen LogP contribution in [0.1, 0.15) is 45.4 Å². The molecule has 25 heavy (non-hydrogen) atoms. The Hall–Kier alpha value is -2.22. The summed E-state index contributed by atoms with van der Waals surface area (Å²) < 4.78 is 2.44. The van der Waals surface area contributed by atoms with Gasteiger partial charge in [-0.05, 0) is 38.2 Å². The van der Waals surface area contributed by atoms with E-state index < -0.39 is 11.4 Å². The molecule has 8 nitrogen and oxygen atoms in total. The lowest BCUT2D eigenvalue weighted by molar-refractivity contribution is 0.279. The van der Waals surface area contributed by atoms with E-state index in [9.17, 15) is 9.59 Å². The third kappa shape index (κ3) is 2.95. The summed E-state index contributed by atoms with van der Waals surface area (Å²) >= 11 is 0. The lowest BCUT2D eigenvalue weighted by Crippen LogP contribution is -2.58. The van der Waals surface area contributed by atoms with Gasteiger partial charge >= 0.3 is 5.69 Å². The largest absolute Gasteiger partial charge is 0.337 e. The normalized spacial score (nSPS) is 17.0. The maximum Gasteiger partial charge on any atom is 0.332 e. The lowest BCUT2D eigenvalue weighted by atomic mass is 9.88. The average molecular weight is 346 g/mol. The van der Waals surface area contributed by atoms with E-state index in [0.717, 1.165) is 43.2 Å². The minimum Gasteiger partial charge on any atom is -0.337 e. The summed E-state index contributed by atoms with van der Waals surface area (Å²) in [5.41, 5.74) is 5.78. The molecule has 0 aromatic carbocycles. The Kier molecular flexibility index (Phi) is 4.64. The van der Waals surface area contributed by atoms with Gasteiger partial charge in [0.15, 0.2) is 11.5 Å². The first-order valence-corrected chi connectivity index (χ1v) is 8.89. The molecule has 0 amide bonds. The minimum atomic E-state index is -0.456. The van der Waals surface area contributed by atoms with Crippen molar-refractivity contribution in [2.45, 2.75) is 51.1 Å². The predicted octanol–water partition coefficient (Wildman–Crippen LogP) is 0.863. The van der Waals surface area contributed by atoms with Crippen molar-refractivity contribution < 1.29 is 0 Å². The Morgan fingerprint density at radius 2 is 1.84 bits per heavy atom. The second kappa shape index (κ2) is 6.59. The molecule has 136 valence electrons. The van der Waals surface area contributed by atoms with Gasteiger partial charge in [0.05, 0.1) is 11.0 Å². The monoisotopic (exact) mass is 346 g/mol. The van der Waals surface area contributed by atoms with E-state index in [0.29, 0.717) is 16.9 Å². The van der Waals surface area contributed by atoms with Gasteiger partial charge in [0.25, 0.3) is 5.56 Å². The van der Waals surface area contributed by atoms with Crippen LogP contribution in [-0.2, 0) is 14.1 Å². The van der Waals surface area contributed by atoms with Crippen LogP contribution in [0.25, 0.3) is 11.0 Å². The number of rotatable bonds is 4. The molecule has 0 bridgehead atoms. The van der Waals surface area contributed by atoms with Crippen LogP contribution in [0, 0.1) is 0 Å². The van der Waals surface area contributed by atoms with Gasteiger partial charge in [0, 0.05) is 20.6 Å². The van der Waals surface area contributed by atoms with E-state index >= 15 is 0 Å². The summed E-state index contributed by atoms with van der Waals surface area (Å²) in [6, 6.07) is 1.73. The number of nitrogens with two attached hydrogens (primary N) is 1. The Morgan fingerprint density at radius 3 is 2.48 bits per heavy atom. The number of nitrogens with zero attached hydrogens (tertiary/aromatic N) is 5. The molecule has 2 N–H and O–H groups in total. The summed E-state index contributed by atoms with van der Waals surface area (Å²) in [5.74, 6) is 0.606. The molecule has 1 saturated carbocycles. The molecule has 1 fully saturated rings. The Bertz CT molecular complexity index is 894. The van der Waals surface area contributed by atoms with Crippen LogP contribution in [0.5, 0.6) is 0 Å². The summed E-state index contributed by atoms with van der Waals surface area (Å²) in [6.45, 7) is 2.85. The van der Waals surface area contributed by atoms with E-state index in [1.807, 2.05) is 0 Å². The number of anilines is 1. The van der Waals surface area contributed by atoms with Crippen molar-refractivity contribution in [1.82, 2.24) is 19.3 Å². The zero-order chi connectivity index (χ0) is 18.2. The first kappa shape index (κ1) is 17.6. The number of aryl methyl sites for hydroxylation is 1. The highest BCUT2D eigenvalue weighted by molar-refractivity contribution is 5.76. The van der Waals surface area contributed by atoms with Crippen LogP contribution in [0.2, 0.25) is 0 Å². The van der Waals surface area contributed by atoms with Gasteiger partial charge in [-0.3, -0.25) is 13.9 Å². The third-order valence-corrected chi connectivity index (χ3v) is 5.17. The number of hydrogen-bond donors (Lipinski definition) is 1. The van der Waals surface area contributed by atoms with Crippen LogP contribution in [0.4, 0.5) is 5.82 Å². The summed E-state index contributed by atoms with van der Waals surface area (Å²) in [4.78, 5) is 26.7. The van der Waals surface area contributed by atoms with Gasteiger partial charge in [0.1, 0.15) is 0 Å². The quantitative estimate of drug-likeness (QED) is 0.825. The molecule has 2 aromatic rings. The van der Waals surface area contributed by atoms with E-state index in [4.69, 9.17) is 5.73 Å². The molecule has 2 aromatic heterocycles. The van der Waals surface area contributed by atoms with E-state index in [1.165, 1.54) is 18.0 Å². The van der Waals surface area contributed by atoms with Gasteiger partial charge < -0.3 is 10.6 Å². The third-order valence-electron chi connectivity index (χ3n) is 5.17. The molecular weight excluding hydrogens is 320 g/mol. The second-order valence-electron chi connectivity index (χ2n) is 6.96. The lowest BCUT2D eigenvalue weighted by Gasteiger charge is -2.44. The van der Waals surface area contributed by atoms with Crippen LogP contribution in [0.15, 0.2) is 15.7 Å². The maximum absolute atomic E-state index is 12.5. The van der Waals surface area contributed by atoms with E-state index in [2.05, 4.69) is 22.0 Å². The molecule has 0 atom stereocenters. The number of hydrogen-bond acceptors (Lipinski definition) is 6. The molecular formula is C17H26N6O2. The zero-order valence-electron chi connectivity index (χ0n) is 15.2. The van der Waals surface area contributed by atoms with Crippen molar-refractivity contribution in [2.24, 2.45) is 19.8 Å². The minimum absolute atomic E-state index is 0.294. The van der Waals surface area contributed by atoms with Crippen molar-refractivity contribution in [2.75, 3.05) is 11.4 Å². The Morgan fingerprint density at radius 1 is 1.16 bits per heavy atom. The zero-order valence-corrected chi connectivity index (χ0v) is 15.2. The second-order valence-corrected chi connectivity index (χ2v) is 6.96. The van der Waals surface area contributed by atoms with Crippen molar-refractivity contribution >= 4 is 16.9 Å². The van der Waals surface area contributed by atoms with Crippen molar-refractivity contribution in [3.8, 4) is 0 Å². The first-order chi connectivity index (χ1) is 11.9. The van der Waals surface area contributed by atoms with Gasteiger partial charge in [0.2, 0.25) is 0 Å². The molecule has 8 heteroatoms. The van der Waals surface area contributed by atoms with Crippen LogP contribution in [-0.4, -0.2) is 31.5 Å². The summed E-state index contributed by atoms with van der Waals surface area (Å²) in [7, 11) is 3.06. The van der Waals surface area contributed by atoms with Crippen molar-refractivity contribution in [1.29, 1.82) is 0 Å². The van der Waals surface area contributed by atoms with E-state index in [-0.39, 0.29) is 5.56 Å². The highest BCUT2D eigenvalue weighted by Crippen LogP contribution is 2.32. The molecule has 0 radical (unpaired) electrons. The van der Waals surface area contributed by atoms with Gasteiger partial charge in [-0.1, -0.05) is 13.3 Å². The molecule has 0 aliphatic heterocycles. The highest BCUT2D eigenvalue weighted by Gasteiger charge is 2.35. The average Bonchev–Trinajstić information content (AvgIpc) is 2.62. The van der Waals surface area contributed by atoms with Gasteiger partial charge in [-0.2, -0.15) is 0 Å². The highest BCUT2D eigenvalue weighted by atomic mass is 16.2. The maximum atomic E-state index is 12.5. The van der Waals surface area contributed by atoms with Crippen molar-refractivity contribution in [3.05, 3.63) is 26.9 Å². The van der Waals surface area contributed by atoms with Gasteiger partial charge in [-0.15, -0.1) is 10.2 Å².